The molecule has 0 unspecified atom stereocenters. The summed E-state index contributed by atoms with van der Waals surface area (Å²) in [5.74, 6) is 0.377. The fraction of sp³-hybridized carbons (Fsp3) is 0.300. The number of hydrogen-bond acceptors (Lipinski definition) is 3. The summed E-state index contributed by atoms with van der Waals surface area (Å²) in [6.45, 7) is 3.87. The Hall–Kier alpha value is -1.51. The largest absolute Gasteiger partial charge is 0.514 e. The van der Waals surface area contributed by atoms with Gasteiger partial charge in [0.1, 0.15) is 0 Å². The molecule has 0 atom stereocenters. The lowest BCUT2D eigenvalue weighted by Crippen LogP contribution is -2.26. The number of ether oxygens (including phenoxy) is 1. The maximum Gasteiger partial charge on any atom is 0.257 e. The molecule has 0 saturated carbocycles. The number of hydrogen-bond donors (Lipinski definition) is 0. The Kier molecular flexibility index (Phi) is 2.90. The van der Waals surface area contributed by atoms with Gasteiger partial charge in [-0.25, -0.2) is 0 Å². The fourth-order valence-corrected chi connectivity index (χ4v) is 1.31. The van der Waals surface area contributed by atoms with E-state index in [1.165, 1.54) is 0 Å². The van der Waals surface area contributed by atoms with E-state index >= 15 is 0 Å². The zero-order valence-corrected chi connectivity index (χ0v) is 7.66. The Labute approximate surface area is 77.0 Å². The predicted molar refractivity (Wildman–Crippen MR) is 46.6 cm³/mol. The number of rotatable bonds is 2. The van der Waals surface area contributed by atoms with Crippen molar-refractivity contribution in [3.8, 4) is 5.75 Å². The van der Waals surface area contributed by atoms with E-state index in [2.05, 4.69) is 4.74 Å². The topological polar surface area (TPSA) is 49.4 Å². The summed E-state index contributed by atoms with van der Waals surface area (Å²) >= 11 is 0. The molecule has 1 rings (SSSR count). The summed E-state index contributed by atoms with van der Waals surface area (Å²) in [5.41, 5.74) is 1.94. The van der Waals surface area contributed by atoms with Gasteiger partial charge in [-0.15, -0.1) is 0 Å². The van der Waals surface area contributed by atoms with Gasteiger partial charge in [-0.1, -0.05) is 19.1 Å². The highest BCUT2D eigenvalue weighted by Crippen LogP contribution is 2.22. The monoisotopic (exact) mass is 179 g/mol. The molecular formula is C10H11O3-. The third-order valence-electron chi connectivity index (χ3n) is 1.91. The SMILES string of the molecule is CCc1c(C)cccc1OC(=O)[O-]. The molecule has 1 aromatic rings. The molecule has 3 nitrogen and oxygen atoms in total. The maximum atomic E-state index is 10.2. The van der Waals surface area contributed by atoms with Crippen molar-refractivity contribution in [1.82, 2.24) is 0 Å². The number of carbonyl (C=O) groups excluding carboxylic acids is 1. The third kappa shape index (κ3) is 2.21. The summed E-state index contributed by atoms with van der Waals surface area (Å²) in [6.07, 6.45) is -0.768. The van der Waals surface area contributed by atoms with Gasteiger partial charge >= 0.3 is 0 Å². The van der Waals surface area contributed by atoms with Crippen LogP contribution in [0.25, 0.3) is 0 Å². The van der Waals surface area contributed by atoms with Gasteiger partial charge in [-0.3, -0.25) is 0 Å². The van der Waals surface area contributed by atoms with Gasteiger partial charge in [0, 0.05) is 0 Å². The molecule has 1 aromatic carbocycles. The number of benzene rings is 1. The highest BCUT2D eigenvalue weighted by molar-refractivity contribution is 5.60. The summed E-state index contributed by atoms with van der Waals surface area (Å²) in [7, 11) is 0. The Morgan fingerprint density at radius 3 is 2.77 bits per heavy atom. The van der Waals surface area contributed by atoms with Crippen molar-refractivity contribution in [1.29, 1.82) is 0 Å². The van der Waals surface area contributed by atoms with Crippen LogP contribution < -0.4 is 9.84 Å². The standard InChI is InChI=1S/C10H12O3/c1-3-8-7(2)5-4-6-9(8)13-10(11)12/h4-6H,3H2,1-2H3,(H,11,12)/p-1. The van der Waals surface area contributed by atoms with Crippen molar-refractivity contribution in [3.05, 3.63) is 29.3 Å². The Morgan fingerprint density at radius 1 is 1.54 bits per heavy atom. The normalized spacial score (nSPS) is 9.69. The summed E-state index contributed by atoms with van der Waals surface area (Å²) in [5, 5.41) is 10.2. The Morgan fingerprint density at radius 2 is 2.23 bits per heavy atom. The van der Waals surface area contributed by atoms with Gasteiger partial charge in [0.2, 0.25) is 0 Å². The molecule has 13 heavy (non-hydrogen) atoms. The van der Waals surface area contributed by atoms with Crippen molar-refractivity contribution >= 4 is 6.16 Å². The second-order valence-electron chi connectivity index (χ2n) is 2.76. The molecule has 0 bridgehead atoms. The van der Waals surface area contributed by atoms with Gasteiger partial charge in [-0.2, -0.15) is 0 Å². The molecule has 70 valence electrons. The molecule has 0 saturated heterocycles. The van der Waals surface area contributed by atoms with Crippen LogP contribution in [0.1, 0.15) is 18.1 Å². The van der Waals surface area contributed by atoms with Gasteiger partial charge in [0.05, 0.1) is 5.75 Å². The Balaban J connectivity index is 3.05. The summed E-state index contributed by atoms with van der Waals surface area (Å²) in [6, 6.07) is 5.30. The van der Waals surface area contributed by atoms with Gasteiger partial charge < -0.3 is 14.6 Å². The van der Waals surface area contributed by atoms with Gasteiger partial charge in [0.25, 0.3) is 6.16 Å². The van der Waals surface area contributed by atoms with Crippen LogP contribution in [0.4, 0.5) is 4.79 Å². The zero-order valence-electron chi connectivity index (χ0n) is 7.66. The third-order valence-corrected chi connectivity index (χ3v) is 1.91. The molecule has 0 N–H and O–H groups in total. The van der Waals surface area contributed by atoms with E-state index in [9.17, 15) is 9.90 Å². The quantitative estimate of drug-likeness (QED) is 0.507. The van der Waals surface area contributed by atoms with E-state index in [-0.39, 0.29) is 0 Å². The molecule has 0 aliphatic rings. The minimum absolute atomic E-state index is 0.377. The fourth-order valence-electron chi connectivity index (χ4n) is 1.31. The molecular weight excluding hydrogens is 168 g/mol. The van der Waals surface area contributed by atoms with Gasteiger partial charge in [-0.05, 0) is 30.5 Å². The first-order valence-electron chi connectivity index (χ1n) is 4.12. The lowest BCUT2D eigenvalue weighted by Gasteiger charge is -2.14. The highest BCUT2D eigenvalue weighted by atomic mass is 16.7. The summed E-state index contributed by atoms with van der Waals surface area (Å²) in [4.78, 5) is 10.2. The first-order valence-corrected chi connectivity index (χ1v) is 4.12. The van der Waals surface area contributed by atoms with Crippen LogP contribution in [0.15, 0.2) is 18.2 Å². The molecule has 0 aliphatic carbocycles. The first kappa shape index (κ1) is 9.58. The van der Waals surface area contributed by atoms with Crippen LogP contribution in [-0.4, -0.2) is 6.16 Å². The first-order chi connectivity index (χ1) is 6.15. The lowest BCUT2D eigenvalue weighted by atomic mass is 10.1. The molecule has 3 heteroatoms. The van der Waals surface area contributed by atoms with Crippen LogP contribution in [-0.2, 0) is 6.42 Å². The van der Waals surface area contributed by atoms with E-state index in [0.717, 1.165) is 17.5 Å². The van der Waals surface area contributed by atoms with E-state index in [4.69, 9.17) is 0 Å². The maximum absolute atomic E-state index is 10.2. The van der Waals surface area contributed by atoms with E-state index in [0.29, 0.717) is 5.75 Å². The zero-order chi connectivity index (χ0) is 9.84. The average Bonchev–Trinajstić information content (AvgIpc) is 2.03. The van der Waals surface area contributed by atoms with Crippen molar-refractivity contribution in [2.45, 2.75) is 20.3 Å². The van der Waals surface area contributed by atoms with Crippen LogP contribution in [0.3, 0.4) is 0 Å². The second kappa shape index (κ2) is 3.94. The lowest BCUT2D eigenvalue weighted by molar-refractivity contribution is -0.271. The van der Waals surface area contributed by atoms with Crippen molar-refractivity contribution < 1.29 is 14.6 Å². The molecule has 0 aliphatic heterocycles. The molecule has 0 amide bonds. The van der Waals surface area contributed by atoms with Crippen molar-refractivity contribution in [2.24, 2.45) is 0 Å². The molecule has 0 radical (unpaired) electrons. The number of carboxylic acid groups (broad SMARTS) is 1. The Bertz CT molecular complexity index is 318. The smallest absolute Gasteiger partial charge is 0.257 e. The molecule has 0 spiro atoms. The predicted octanol–water partition coefficient (Wildman–Crippen LogP) is 1.28. The minimum Gasteiger partial charge on any atom is -0.514 e. The van der Waals surface area contributed by atoms with Crippen LogP contribution >= 0.6 is 0 Å². The van der Waals surface area contributed by atoms with Crippen molar-refractivity contribution in [3.63, 3.8) is 0 Å². The van der Waals surface area contributed by atoms with Crippen LogP contribution in [0.2, 0.25) is 0 Å². The minimum atomic E-state index is -1.51. The van der Waals surface area contributed by atoms with E-state index < -0.39 is 6.16 Å². The highest BCUT2D eigenvalue weighted by Gasteiger charge is 2.01. The van der Waals surface area contributed by atoms with E-state index in [1.54, 1.807) is 12.1 Å². The van der Waals surface area contributed by atoms with Crippen LogP contribution in [0, 0.1) is 6.92 Å². The molecule has 0 fully saturated rings. The molecule has 0 aromatic heterocycles. The molecule has 0 heterocycles. The number of carbonyl (C=O) groups is 1. The van der Waals surface area contributed by atoms with Gasteiger partial charge in [0.15, 0.2) is 0 Å². The summed E-state index contributed by atoms with van der Waals surface area (Å²) < 4.78 is 4.52. The second-order valence-corrected chi connectivity index (χ2v) is 2.76. The van der Waals surface area contributed by atoms with Crippen LogP contribution in [0.5, 0.6) is 5.75 Å². The number of aryl methyl sites for hydroxylation is 1. The van der Waals surface area contributed by atoms with E-state index in [1.807, 2.05) is 19.9 Å². The average molecular weight is 179 g/mol. The van der Waals surface area contributed by atoms with Crippen molar-refractivity contribution in [2.75, 3.05) is 0 Å².